The van der Waals surface area contributed by atoms with E-state index in [0.717, 1.165) is 10.2 Å². The Balaban J connectivity index is 1.24. The molecular formula is C21H14N6O2S. The summed E-state index contributed by atoms with van der Waals surface area (Å²) in [6.45, 7) is 0. The van der Waals surface area contributed by atoms with Crippen LogP contribution in [0, 0.1) is 0 Å². The van der Waals surface area contributed by atoms with Crippen LogP contribution in [0.25, 0.3) is 16.0 Å². The first-order chi connectivity index (χ1) is 14.7. The van der Waals surface area contributed by atoms with E-state index in [1.807, 2.05) is 18.2 Å². The number of nitrogens with one attached hydrogen (secondary N) is 1. The first-order valence-electron chi connectivity index (χ1n) is 9.01. The SMILES string of the molecule is O=C(Nc1ccc(Oc2ccc(-n3cccn3)nn2)cc1)c1ccc2ncsc2c1. The van der Waals surface area contributed by atoms with Gasteiger partial charge in [-0.1, -0.05) is 0 Å². The molecule has 0 fully saturated rings. The molecule has 1 N–H and O–H groups in total. The average molecular weight is 414 g/mol. The highest BCUT2D eigenvalue weighted by atomic mass is 32.1. The fourth-order valence-electron chi connectivity index (χ4n) is 2.82. The topological polar surface area (TPSA) is 94.8 Å². The number of anilines is 1. The minimum Gasteiger partial charge on any atom is -0.438 e. The molecule has 0 unspecified atom stereocenters. The Morgan fingerprint density at radius 3 is 2.70 bits per heavy atom. The Bertz CT molecular complexity index is 1300. The Morgan fingerprint density at radius 2 is 1.93 bits per heavy atom. The Hall–Kier alpha value is -4.11. The summed E-state index contributed by atoms with van der Waals surface area (Å²) in [4.78, 5) is 16.7. The number of nitrogens with zero attached hydrogens (tertiary/aromatic N) is 5. The predicted molar refractivity (Wildman–Crippen MR) is 113 cm³/mol. The summed E-state index contributed by atoms with van der Waals surface area (Å²) in [5.74, 6) is 1.36. The molecule has 5 rings (SSSR count). The second-order valence-electron chi connectivity index (χ2n) is 6.30. The third kappa shape index (κ3) is 3.74. The Morgan fingerprint density at radius 1 is 1.03 bits per heavy atom. The molecule has 0 radical (unpaired) electrons. The number of amides is 1. The molecule has 9 heteroatoms. The zero-order valence-electron chi connectivity index (χ0n) is 15.5. The normalized spacial score (nSPS) is 10.8. The van der Waals surface area contributed by atoms with Gasteiger partial charge in [0.2, 0.25) is 5.88 Å². The van der Waals surface area contributed by atoms with Crippen LogP contribution >= 0.6 is 11.3 Å². The quantitative estimate of drug-likeness (QED) is 0.460. The number of ether oxygens (including phenoxy) is 1. The van der Waals surface area contributed by atoms with Gasteiger partial charge in [-0.05, 0) is 54.6 Å². The maximum atomic E-state index is 12.5. The van der Waals surface area contributed by atoms with Gasteiger partial charge in [-0.25, -0.2) is 9.67 Å². The summed E-state index contributed by atoms with van der Waals surface area (Å²) in [7, 11) is 0. The molecule has 0 bridgehead atoms. The molecule has 30 heavy (non-hydrogen) atoms. The number of rotatable bonds is 5. The van der Waals surface area contributed by atoms with Crippen LogP contribution < -0.4 is 10.1 Å². The van der Waals surface area contributed by atoms with Gasteiger partial charge in [0.1, 0.15) is 5.75 Å². The van der Waals surface area contributed by atoms with E-state index in [0.29, 0.717) is 28.7 Å². The van der Waals surface area contributed by atoms with E-state index in [2.05, 4.69) is 25.6 Å². The fourth-order valence-corrected chi connectivity index (χ4v) is 3.54. The number of carbonyl (C=O) groups excluding carboxylic acids is 1. The standard InChI is InChI=1S/C21H14N6O2S/c28-21(14-2-7-17-18(12-14)30-13-22-17)24-15-3-5-16(6-4-15)29-20-9-8-19(25-26-20)27-11-1-10-23-27/h1-13H,(H,24,28). The summed E-state index contributed by atoms with van der Waals surface area (Å²) in [6.07, 6.45) is 3.46. The highest BCUT2D eigenvalue weighted by molar-refractivity contribution is 7.16. The number of carbonyl (C=O) groups is 1. The van der Waals surface area contributed by atoms with Crippen molar-refractivity contribution in [2.24, 2.45) is 0 Å². The van der Waals surface area contributed by atoms with Crippen molar-refractivity contribution in [1.82, 2.24) is 25.0 Å². The largest absolute Gasteiger partial charge is 0.438 e. The van der Waals surface area contributed by atoms with Gasteiger partial charge in [-0.3, -0.25) is 4.79 Å². The van der Waals surface area contributed by atoms with E-state index in [4.69, 9.17) is 4.74 Å². The first-order valence-corrected chi connectivity index (χ1v) is 9.89. The number of hydrogen-bond donors (Lipinski definition) is 1. The molecule has 0 spiro atoms. The number of hydrogen-bond acceptors (Lipinski definition) is 7. The van der Waals surface area contributed by atoms with Crippen LogP contribution in [0.3, 0.4) is 0 Å². The third-order valence-electron chi connectivity index (χ3n) is 4.29. The molecule has 0 saturated heterocycles. The summed E-state index contributed by atoms with van der Waals surface area (Å²) in [6, 6.07) is 17.8. The van der Waals surface area contributed by atoms with Crippen molar-refractivity contribution in [2.45, 2.75) is 0 Å². The highest BCUT2D eigenvalue weighted by Crippen LogP contribution is 2.23. The van der Waals surface area contributed by atoms with Gasteiger partial charge in [0.15, 0.2) is 5.82 Å². The lowest BCUT2D eigenvalue weighted by Gasteiger charge is -2.08. The van der Waals surface area contributed by atoms with Gasteiger partial charge in [-0.2, -0.15) is 5.10 Å². The van der Waals surface area contributed by atoms with Crippen LogP contribution in [0.4, 0.5) is 5.69 Å². The van der Waals surface area contributed by atoms with Crippen LogP contribution in [0.2, 0.25) is 0 Å². The zero-order valence-corrected chi connectivity index (χ0v) is 16.3. The lowest BCUT2D eigenvalue weighted by atomic mass is 10.2. The van der Waals surface area contributed by atoms with Crippen molar-refractivity contribution >= 4 is 33.1 Å². The van der Waals surface area contributed by atoms with Crippen molar-refractivity contribution in [3.63, 3.8) is 0 Å². The summed E-state index contributed by atoms with van der Waals surface area (Å²) in [5, 5.41) is 15.1. The molecule has 3 aromatic heterocycles. The van der Waals surface area contributed by atoms with Crippen molar-refractivity contribution in [3.8, 4) is 17.4 Å². The van der Waals surface area contributed by atoms with Gasteiger partial charge in [0.25, 0.3) is 5.91 Å². The minimum absolute atomic E-state index is 0.181. The number of benzene rings is 2. The number of fused-ring (bicyclic) bond motifs is 1. The molecule has 0 aliphatic rings. The van der Waals surface area contributed by atoms with E-state index in [9.17, 15) is 4.79 Å². The van der Waals surface area contributed by atoms with Crippen LogP contribution in [0.1, 0.15) is 10.4 Å². The summed E-state index contributed by atoms with van der Waals surface area (Å²) >= 11 is 1.50. The van der Waals surface area contributed by atoms with E-state index in [1.54, 1.807) is 65.1 Å². The van der Waals surface area contributed by atoms with E-state index >= 15 is 0 Å². The smallest absolute Gasteiger partial charge is 0.255 e. The molecule has 2 aromatic carbocycles. The fraction of sp³-hybridized carbons (Fsp3) is 0. The van der Waals surface area contributed by atoms with E-state index in [1.165, 1.54) is 11.3 Å². The van der Waals surface area contributed by atoms with Crippen LogP contribution in [0.15, 0.2) is 78.6 Å². The lowest BCUT2D eigenvalue weighted by molar-refractivity contribution is 0.102. The third-order valence-corrected chi connectivity index (χ3v) is 5.08. The molecule has 146 valence electrons. The molecule has 0 aliphatic carbocycles. The minimum atomic E-state index is -0.181. The zero-order chi connectivity index (χ0) is 20.3. The van der Waals surface area contributed by atoms with Crippen molar-refractivity contribution < 1.29 is 9.53 Å². The van der Waals surface area contributed by atoms with Crippen molar-refractivity contribution in [1.29, 1.82) is 0 Å². The van der Waals surface area contributed by atoms with Gasteiger partial charge in [0.05, 0.1) is 15.7 Å². The predicted octanol–water partition coefficient (Wildman–Crippen LogP) is 4.32. The summed E-state index contributed by atoms with van der Waals surface area (Å²) < 4.78 is 8.30. The van der Waals surface area contributed by atoms with Gasteiger partial charge < -0.3 is 10.1 Å². The van der Waals surface area contributed by atoms with Crippen molar-refractivity contribution in [2.75, 3.05) is 5.32 Å². The second kappa shape index (κ2) is 7.72. The van der Waals surface area contributed by atoms with Crippen LogP contribution in [-0.4, -0.2) is 30.9 Å². The van der Waals surface area contributed by atoms with Crippen LogP contribution in [0.5, 0.6) is 11.6 Å². The molecule has 1 amide bonds. The molecule has 8 nitrogen and oxygen atoms in total. The van der Waals surface area contributed by atoms with Crippen LogP contribution in [-0.2, 0) is 0 Å². The Kier molecular flexibility index (Phi) is 4.62. The van der Waals surface area contributed by atoms with E-state index < -0.39 is 0 Å². The number of thiazole rings is 1. The van der Waals surface area contributed by atoms with Gasteiger partial charge in [0, 0.05) is 29.7 Å². The molecule has 0 saturated carbocycles. The molecule has 5 aromatic rings. The monoisotopic (exact) mass is 414 g/mol. The molecule has 0 atom stereocenters. The maximum Gasteiger partial charge on any atom is 0.255 e. The lowest BCUT2D eigenvalue weighted by Crippen LogP contribution is -2.11. The molecular weight excluding hydrogens is 400 g/mol. The van der Waals surface area contributed by atoms with E-state index in [-0.39, 0.29) is 5.91 Å². The molecule has 3 heterocycles. The second-order valence-corrected chi connectivity index (χ2v) is 7.18. The first kappa shape index (κ1) is 18.0. The maximum absolute atomic E-state index is 12.5. The highest BCUT2D eigenvalue weighted by Gasteiger charge is 2.09. The van der Waals surface area contributed by atoms with Gasteiger partial charge >= 0.3 is 0 Å². The molecule has 0 aliphatic heterocycles. The number of aromatic nitrogens is 5. The summed E-state index contributed by atoms with van der Waals surface area (Å²) in [5.41, 5.74) is 3.90. The average Bonchev–Trinajstić information content (AvgIpc) is 3.47. The van der Waals surface area contributed by atoms with Crippen molar-refractivity contribution in [3.05, 3.63) is 84.1 Å². The van der Waals surface area contributed by atoms with Gasteiger partial charge in [-0.15, -0.1) is 21.5 Å². The Labute approximate surface area is 174 Å².